The Kier molecular flexibility index (Phi) is 8.49. The Hall–Kier alpha value is -0.980. The summed E-state index contributed by atoms with van der Waals surface area (Å²) in [6.45, 7) is 2.85. The van der Waals surface area contributed by atoms with Crippen LogP contribution in [0.4, 0.5) is 0 Å². The third kappa shape index (κ3) is 6.11. The Morgan fingerprint density at radius 3 is 2.33 bits per heavy atom. The number of likely N-dealkylation sites (tertiary alicyclic amines) is 1. The van der Waals surface area contributed by atoms with E-state index in [-0.39, 0.29) is 24.0 Å². The van der Waals surface area contributed by atoms with Crippen molar-refractivity contribution in [3.8, 4) is 5.75 Å². The summed E-state index contributed by atoms with van der Waals surface area (Å²) in [4.78, 5) is 6.74. The SMILES string of the molecule is COc1ccc(CCN=C(N)N2CCCCCC2)cc1.I. The maximum atomic E-state index is 6.08. The van der Waals surface area contributed by atoms with Crippen molar-refractivity contribution in [1.82, 2.24) is 4.90 Å². The Balaban J connectivity index is 0.00000220. The summed E-state index contributed by atoms with van der Waals surface area (Å²) >= 11 is 0. The highest BCUT2D eigenvalue weighted by molar-refractivity contribution is 14.0. The van der Waals surface area contributed by atoms with Gasteiger partial charge in [0.2, 0.25) is 0 Å². The lowest BCUT2D eigenvalue weighted by Gasteiger charge is -2.21. The molecule has 4 nitrogen and oxygen atoms in total. The fourth-order valence-corrected chi connectivity index (χ4v) is 2.49. The lowest BCUT2D eigenvalue weighted by atomic mass is 10.1. The summed E-state index contributed by atoms with van der Waals surface area (Å²) in [5.74, 6) is 1.60. The highest BCUT2D eigenvalue weighted by Crippen LogP contribution is 2.12. The number of ether oxygens (including phenoxy) is 1. The largest absolute Gasteiger partial charge is 0.497 e. The van der Waals surface area contributed by atoms with Crippen LogP contribution in [-0.2, 0) is 6.42 Å². The number of halogens is 1. The first kappa shape index (κ1) is 18.1. The van der Waals surface area contributed by atoms with Crippen LogP contribution < -0.4 is 10.5 Å². The number of nitrogens with zero attached hydrogens (tertiary/aromatic N) is 2. The van der Waals surface area contributed by atoms with Crippen LogP contribution in [0.5, 0.6) is 5.75 Å². The predicted molar refractivity (Wildman–Crippen MR) is 98.6 cm³/mol. The molecule has 0 saturated carbocycles. The van der Waals surface area contributed by atoms with Crippen molar-refractivity contribution < 1.29 is 4.74 Å². The van der Waals surface area contributed by atoms with Crippen molar-refractivity contribution in [3.63, 3.8) is 0 Å². The lowest BCUT2D eigenvalue weighted by Crippen LogP contribution is -2.38. The molecule has 2 rings (SSSR count). The Morgan fingerprint density at radius 2 is 1.76 bits per heavy atom. The third-order valence-corrected chi connectivity index (χ3v) is 3.76. The Bertz CT molecular complexity index is 426. The summed E-state index contributed by atoms with van der Waals surface area (Å²) < 4.78 is 5.15. The van der Waals surface area contributed by atoms with Gasteiger partial charge in [0.05, 0.1) is 7.11 Å². The van der Waals surface area contributed by atoms with E-state index in [0.717, 1.165) is 31.8 Å². The number of guanidine groups is 1. The van der Waals surface area contributed by atoms with Gasteiger partial charge in [-0.15, -0.1) is 24.0 Å². The normalized spacial score (nSPS) is 16.0. The van der Waals surface area contributed by atoms with Gasteiger partial charge in [-0.1, -0.05) is 25.0 Å². The summed E-state index contributed by atoms with van der Waals surface area (Å²) in [6, 6.07) is 8.13. The summed E-state index contributed by atoms with van der Waals surface area (Å²) in [7, 11) is 1.68. The fraction of sp³-hybridized carbons (Fsp3) is 0.562. The number of aliphatic imine (C=N–C) groups is 1. The van der Waals surface area contributed by atoms with Crippen LogP contribution in [-0.4, -0.2) is 37.6 Å². The molecular formula is C16H26IN3O. The molecule has 0 unspecified atom stereocenters. The molecule has 1 aliphatic rings. The minimum atomic E-state index is 0. The predicted octanol–water partition coefficient (Wildman–Crippen LogP) is 3.05. The molecule has 2 N–H and O–H groups in total. The second-order valence-electron chi connectivity index (χ2n) is 5.24. The van der Waals surface area contributed by atoms with E-state index >= 15 is 0 Å². The van der Waals surface area contributed by atoms with E-state index in [1.165, 1.54) is 31.2 Å². The quantitative estimate of drug-likeness (QED) is 0.478. The molecule has 0 spiro atoms. The molecule has 0 aliphatic carbocycles. The van der Waals surface area contributed by atoms with E-state index < -0.39 is 0 Å². The topological polar surface area (TPSA) is 50.9 Å². The second-order valence-corrected chi connectivity index (χ2v) is 5.24. The molecule has 0 bridgehead atoms. The van der Waals surface area contributed by atoms with Crippen molar-refractivity contribution >= 4 is 29.9 Å². The number of hydrogen-bond donors (Lipinski definition) is 1. The van der Waals surface area contributed by atoms with E-state index in [2.05, 4.69) is 22.0 Å². The molecule has 1 aliphatic heterocycles. The lowest BCUT2D eigenvalue weighted by molar-refractivity contribution is 0.414. The van der Waals surface area contributed by atoms with E-state index in [4.69, 9.17) is 10.5 Å². The number of nitrogens with two attached hydrogens (primary N) is 1. The fourth-order valence-electron chi connectivity index (χ4n) is 2.49. The zero-order valence-electron chi connectivity index (χ0n) is 12.8. The van der Waals surface area contributed by atoms with Crippen LogP contribution in [0.15, 0.2) is 29.3 Å². The highest BCUT2D eigenvalue weighted by atomic mass is 127. The Labute approximate surface area is 144 Å². The van der Waals surface area contributed by atoms with E-state index in [1.807, 2.05) is 12.1 Å². The number of rotatable bonds is 4. The summed E-state index contributed by atoms with van der Waals surface area (Å²) in [5, 5.41) is 0. The van der Waals surface area contributed by atoms with Crippen LogP contribution in [0.25, 0.3) is 0 Å². The second kappa shape index (κ2) is 9.87. The summed E-state index contributed by atoms with van der Waals surface area (Å²) in [5.41, 5.74) is 7.35. The van der Waals surface area contributed by atoms with Gasteiger partial charge in [-0.05, 0) is 37.0 Å². The molecule has 0 radical (unpaired) electrons. The smallest absolute Gasteiger partial charge is 0.191 e. The standard InChI is InChI=1S/C16H25N3O.HI/c1-20-15-8-6-14(7-9-15)10-11-18-16(17)19-12-4-2-3-5-13-19;/h6-9H,2-5,10-13H2,1H3,(H2,17,18);1H. The van der Waals surface area contributed by atoms with Crippen molar-refractivity contribution in [2.45, 2.75) is 32.1 Å². The van der Waals surface area contributed by atoms with Crippen LogP contribution in [0.3, 0.4) is 0 Å². The molecule has 1 heterocycles. The van der Waals surface area contributed by atoms with Gasteiger partial charge >= 0.3 is 0 Å². The maximum absolute atomic E-state index is 6.08. The van der Waals surface area contributed by atoms with Gasteiger partial charge < -0.3 is 15.4 Å². The average molecular weight is 403 g/mol. The molecule has 1 fully saturated rings. The van der Waals surface area contributed by atoms with Gasteiger partial charge in [-0.2, -0.15) is 0 Å². The molecule has 0 amide bonds. The van der Waals surface area contributed by atoms with Gasteiger partial charge in [0.1, 0.15) is 5.75 Å². The molecule has 118 valence electrons. The minimum Gasteiger partial charge on any atom is -0.497 e. The van der Waals surface area contributed by atoms with Crippen molar-refractivity contribution in [1.29, 1.82) is 0 Å². The average Bonchev–Trinajstić information content (AvgIpc) is 2.77. The molecule has 21 heavy (non-hydrogen) atoms. The van der Waals surface area contributed by atoms with Crippen LogP contribution in [0, 0.1) is 0 Å². The van der Waals surface area contributed by atoms with Crippen molar-refractivity contribution in [2.24, 2.45) is 10.7 Å². The monoisotopic (exact) mass is 403 g/mol. The molecule has 1 saturated heterocycles. The van der Waals surface area contributed by atoms with Crippen LogP contribution in [0.2, 0.25) is 0 Å². The van der Waals surface area contributed by atoms with Crippen molar-refractivity contribution in [3.05, 3.63) is 29.8 Å². The van der Waals surface area contributed by atoms with E-state index in [0.29, 0.717) is 5.96 Å². The molecule has 0 aromatic heterocycles. The number of methoxy groups -OCH3 is 1. The van der Waals surface area contributed by atoms with Gasteiger partial charge in [0.25, 0.3) is 0 Å². The first-order valence-corrected chi connectivity index (χ1v) is 7.47. The van der Waals surface area contributed by atoms with Gasteiger partial charge in [0, 0.05) is 19.6 Å². The van der Waals surface area contributed by atoms with Crippen LogP contribution >= 0.6 is 24.0 Å². The highest BCUT2D eigenvalue weighted by Gasteiger charge is 2.10. The van der Waals surface area contributed by atoms with E-state index in [1.54, 1.807) is 7.11 Å². The summed E-state index contributed by atoms with van der Waals surface area (Å²) in [6.07, 6.45) is 6.01. The number of hydrogen-bond acceptors (Lipinski definition) is 2. The maximum Gasteiger partial charge on any atom is 0.191 e. The zero-order chi connectivity index (χ0) is 14.2. The minimum absolute atomic E-state index is 0. The first-order chi connectivity index (χ1) is 9.79. The van der Waals surface area contributed by atoms with Gasteiger partial charge in [-0.3, -0.25) is 4.99 Å². The molecule has 1 aromatic carbocycles. The molecule has 5 heteroatoms. The molecular weight excluding hydrogens is 377 g/mol. The zero-order valence-corrected chi connectivity index (χ0v) is 15.1. The van der Waals surface area contributed by atoms with Crippen molar-refractivity contribution in [2.75, 3.05) is 26.7 Å². The molecule has 1 aromatic rings. The van der Waals surface area contributed by atoms with Crippen LogP contribution in [0.1, 0.15) is 31.2 Å². The molecule has 0 atom stereocenters. The van der Waals surface area contributed by atoms with Gasteiger partial charge in [0.15, 0.2) is 5.96 Å². The third-order valence-electron chi connectivity index (χ3n) is 3.76. The van der Waals surface area contributed by atoms with Gasteiger partial charge in [-0.25, -0.2) is 0 Å². The first-order valence-electron chi connectivity index (χ1n) is 7.47. The Morgan fingerprint density at radius 1 is 1.14 bits per heavy atom. The number of benzene rings is 1. The van der Waals surface area contributed by atoms with E-state index in [9.17, 15) is 0 Å².